The van der Waals surface area contributed by atoms with Crippen LogP contribution in [0, 0.1) is 6.92 Å². The van der Waals surface area contributed by atoms with Gasteiger partial charge in [0.25, 0.3) is 5.91 Å². The largest absolute Gasteiger partial charge is 0.298 e. The highest BCUT2D eigenvalue weighted by atomic mass is 32.2. The van der Waals surface area contributed by atoms with Crippen molar-refractivity contribution in [2.24, 2.45) is 0 Å². The fourth-order valence-corrected chi connectivity index (χ4v) is 5.41. The summed E-state index contributed by atoms with van der Waals surface area (Å²) in [5.74, 6) is -0.398. The molecule has 2 heterocycles. The third-order valence-corrected chi connectivity index (χ3v) is 7.62. The number of carbonyl (C=O) groups is 1. The fourth-order valence-electron chi connectivity index (χ4n) is 2.90. The summed E-state index contributed by atoms with van der Waals surface area (Å²) in [6.45, 7) is 1.94. The first-order valence-corrected chi connectivity index (χ1v) is 12.6. The van der Waals surface area contributed by atoms with E-state index >= 15 is 0 Å². The molecule has 0 aliphatic carbocycles. The summed E-state index contributed by atoms with van der Waals surface area (Å²) in [7, 11) is -3.77. The predicted octanol–water partition coefficient (Wildman–Crippen LogP) is 4.91. The van der Waals surface area contributed by atoms with Gasteiger partial charge < -0.3 is 0 Å². The minimum Gasteiger partial charge on any atom is -0.298 e. The molecule has 0 saturated carbocycles. The van der Waals surface area contributed by atoms with Crippen molar-refractivity contribution in [1.29, 1.82) is 0 Å². The zero-order valence-electron chi connectivity index (χ0n) is 16.5. The van der Waals surface area contributed by atoms with Gasteiger partial charge in [-0.05, 0) is 41.6 Å². The minimum atomic E-state index is -3.77. The van der Waals surface area contributed by atoms with Gasteiger partial charge in [-0.2, -0.15) is 0 Å². The zero-order valence-corrected chi connectivity index (χ0v) is 19.0. The summed E-state index contributed by atoms with van der Waals surface area (Å²) in [6, 6.07) is 17.7. The summed E-state index contributed by atoms with van der Waals surface area (Å²) >= 11 is 2.90. The summed E-state index contributed by atoms with van der Waals surface area (Å²) < 4.78 is 28.0. The number of benzene rings is 2. The molecule has 1 amide bonds. The van der Waals surface area contributed by atoms with E-state index in [1.165, 1.54) is 23.5 Å². The molecule has 9 heteroatoms. The normalized spacial score (nSPS) is 11.4. The number of sulfonamides is 1. The van der Waals surface area contributed by atoms with Crippen LogP contribution in [-0.4, -0.2) is 19.3 Å². The van der Waals surface area contributed by atoms with Gasteiger partial charge in [-0.15, -0.1) is 22.7 Å². The molecule has 0 bridgehead atoms. The Labute approximate surface area is 188 Å². The van der Waals surface area contributed by atoms with Gasteiger partial charge in [0.1, 0.15) is 0 Å². The molecule has 0 radical (unpaired) electrons. The van der Waals surface area contributed by atoms with Crippen molar-refractivity contribution in [2.45, 2.75) is 18.4 Å². The number of nitrogens with zero attached hydrogens (tertiary/aromatic N) is 1. The first kappa shape index (κ1) is 21.4. The number of amides is 1. The van der Waals surface area contributed by atoms with Crippen molar-refractivity contribution in [3.05, 3.63) is 88.1 Å². The lowest BCUT2D eigenvalue weighted by molar-refractivity contribution is 0.102. The van der Waals surface area contributed by atoms with Crippen molar-refractivity contribution < 1.29 is 13.2 Å². The quantitative estimate of drug-likeness (QED) is 0.402. The van der Waals surface area contributed by atoms with Gasteiger partial charge in [0.2, 0.25) is 10.0 Å². The molecule has 4 rings (SSSR count). The number of nitrogens with one attached hydrogen (secondary N) is 2. The number of thiophene rings is 1. The molecule has 0 aliphatic rings. The summed E-state index contributed by atoms with van der Waals surface area (Å²) in [5, 5.41) is 7.08. The average Bonchev–Trinajstić information content (AvgIpc) is 3.45. The molecular formula is C22H19N3O3S3. The Hall–Kier alpha value is -2.85. The smallest absolute Gasteiger partial charge is 0.257 e. The summed E-state index contributed by atoms with van der Waals surface area (Å²) in [6.07, 6.45) is 0. The van der Waals surface area contributed by atoms with E-state index in [9.17, 15) is 13.2 Å². The number of carbonyl (C=O) groups excluding carboxylic acids is 1. The van der Waals surface area contributed by atoms with Crippen LogP contribution < -0.4 is 10.0 Å². The molecule has 31 heavy (non-hydrogen) atoms. The lowest BCUT2D eigenvalue weighted by atomic mass is 10.1. The Balaban J connectivity index is 1.51. The van der Waals surface area contributed by atoms with Crippen molar-refractivity contribution in [3.8, 4) is 10.6 Å². The molecule has 158 valence electrons. The van der Waals surface area contributed by atoms with Crippen LogP contribution in [-0.2, 0) is 16.6 Å². The van der Waals surface area contributed by atoms with Crippen molar-refractivity contribution >= 4 is 43.7 Å². The molecular weight excluding hydrogens is 450 g/mol. The second-order valence-corrected chi connectivity index (χ2v) is 10.3. The Bertz CT molecular complexity index is 1300. The van der Waals surface area contributed by atoms with Gasteiger partial charge in [-0.3, -0.25) is 10.1 Å². The predicted molar refractivity (Wildman–Crippen MR) is 125 cm³/mol. The summed E-state index contributed by atoms with van der Waals surface area (Å²) in [4.78, 5) is 18.3. The average molecular weight is 470 g/mol. The molecule has 0 aliphatic heterocycles. The van der Waals surface area contributed by atoms with Crippen LogP contribution in [0.3, 0.4) is 0 Å². The zero-order chi connectivity index (χ0) is 21.8. The SMILES string of the molecule is Cc1ccc(S(=O)(=O)NCc2ccccc2)cc1C(=O)Nc1nc(-c2cccs2)cs1. The van der Waals surface area contributed by atoms with Crippen LogP contribution in [0.5, 0.6) is 0 Å². The third-order valence-electron chi connectivity index (χ3n) is 4.57. The molecule has 0 unspecified atom stereocenters. The van der Waals surface area contributed by atoms with Crippen LogP contribution in [0.15, 0.2) is 76.3 Å². The third kappa shape index (κ3) is 5.08. The van der Waals surface area contributed by atoms with E-state index in [1.54, 1.807) is 24.3 Å². The van der Waals surface area contributed by atoms with Crippen molar-refractivity contribution in [2.75, 3.05) is 5.32 Å². The van der Waals surface area contributed by atoms with E-state index in [0.717, 1.165) is 16.1 Å². The highest BCUT2D eigenvalue weighted by Crippen LogP contribution is 2.28. The van der Waals surface area contributed by atoms with Crippen LogP contribution in [0.25, 0.3) is 10.6 Å². The van der Waals surface area contributed by atoms with Crippen LogP contribution in [0.1, 0.15) is 21.5 Å². The molecule has 2 N–H and O–H groups in total. The maximum absolute atomic E-state index is 12.8. The standard InChI is InChI=1S/C22H19N3O3S3/c1-15-9-10-17(31(27,28)23-13-16-6-3-2-4-7-16)12-18(15)21(26)25-22-24-19(14-30-22)20-8-5-11-29-20/h2-12,14,23H,13H2,1H3,(H,24,25,26). The lowest BCUT2D eigenvalue weighted by Gasteiger charge is -2.10. The van der Waals surface area contributed by atoms with E-state index in [4.69, 9.17) is 0 Å². The van der Waals surface area contributed by atoms with E-state index in [-0.39, 0.29) is 17.0 Å². The van der Waals surface area contributed by atoms with Gasteiger partial charge in [0.15, 0.2) is 5.13 Å². The van der Waals surface area contributed by atoms with Crippen LogP contribution in [0.4, 0.5) is 5.13 Å². The number of thiazole rings is 1. The molecule has 2 aromatic carbocycles. The maximum atomic E-state index is 12.8. The number of aromatic nitrogens is 1. The highest BCUT2D eigenvalue weighted by Gasteiger charge is 2.19. The van der Waals surface area contributed by atoms with Gasteiger partial charge in [-0.25, -0.2) is 18.1 Å². The van der Waals surface area contributed by atoms with Gasteiger partial charge >= 0.3 is 0 Å². The van der Waals surface area contributed by atoms with E-state index in [2.05, 4.69) is 15.0 Å². The number of rotatable bonds is 7. The molecule has 2 aromatic heterocycles. The summed E-state index contributed by atoms with van der Waals surface area (Å²) in [5.41, 5.74) is 2.61. The second-order valence-electron chi connectivity index (χ2n) is 6.76. The fraction of sp³-hybridized carbons (Fsp3) is 0.0909. The Morgan fingerprint density at radius 2 is 1.84 bits per heavy atom. The van der Waals surface area contributed by atoms with Crippen molar-refractivity contribution in [1.82, 2.24) is 9.71 Å². The van der Waals surface area contributed by atoms with Gasteiger partial charge in [-0.1, -0.05) is 42.5 Å². The Morgan fingerprint density at radius 1 is 1.03 bits per heavy atom. The maximum Gasteiger partial charge on any atom is 0.257 e. The van der Waals surface area contributed by atoms with Crippen molar-refractivity contribution in [3.63, 3.8) is 0 Å². The van der Waals surface area contributed by atoms with E-state index in [0.29, 0.717) is 10.7 Å². The Kier molecular flexibility index (Phi) is 6.28. The molecule has 6 nitrogen and oxygen atoms in total. The molecule has 0 fully saturated rings. The van der Waals surface area contributed by atoms with Gasteiger partial charge in [0.05, 0.1) is 15.5 Å². The number of anilines is 1. The van der Waals surface area contributed by atoms with Crippen LogP contribution >= 0.6 is 22.7 Å². The molecule has 0 spiro atoms. The molecule has 4 aromatic rings. The first-order valence-electron chi connectivity index (χ1n) is 9.37. The Morgan fingerprint density at radius 3 is 2.58 bits per heavy atom. The first-order chi connectivity index (χ1) is 14.9. The lowest BCUT2D eigenvalue weighted by Crippen LogP contribution is -2.24. The van der Waals surface area contributed by atoms with Gasteiger partial charge in [0, 0.05) is 17.5 Å². The minimum absolute atomic E-state index is 0.0394. The molecule has 0 saturated heterocycles. The van der Waals surface area contributed by atoms with E-state index in [1.807, 2.05) is 53.2 Å². The van der Waals surface area contributed by atoms with E-state index < -0.39 is 15.9 Å². The number of hydrogen-bond donors (Lipinski definition) is 2. The highest BCUT2D eigenvalue weighted by molar-refractivity contribution is 7.89. The monoisotopic (exact) mass is 469 g/mol. The number of aryl methyl sites for hydroxylation is 1. The molecule has 0 atom stereocenters. The number of hydrogen-bond acceptors (Lipinski definition) is 6. The topological polar surface area (TPSA) is 88.2 Å². The second kappa shape index (κ2) is 9.11. The van der Waals surface area contributed by atoms with Crippen LogP contribution in [0.2, 0.25) is 0 Å².